The second-order valence-electron chi connectivity index (χ2n) is 4.27. The SMILES string of the molecule is NCc1cccc2c(OCP(=O)(O)O)cc(C(=O)O)nc12. The van der Waals surface area contributed by atoms with Gasteiger partial charge in [-0.2, -0.15) is 0 Å². The molecule has 0 fully saturated rings. The molecule has 0 amide bonds. The van der Waals surface area contributed by atoms with Gasteiger partial charge in [0.05, 0.1) is 5.52 Å². The second kappa shape index (κ2) is 5.79. The molecular weight excluding hydrogens is 299 g/mol. The highest BCUT2D eigenvalue weighted by Crippen LogP contribution is 2.36. The zero-order chi connectivity index (χ0) is 15.6. The van der Waals surface area contributed by atoms with Gasteiger partial charge in [-0.05, 0) is 11.6 Å². The van der Waals surface area contributed by atoms with Crippen molar-refractivity contribution >= 4 is 24.5 Å². The van der Waals surface area contributed by atoms with Crippen LogP contribution in [0.5, 0.6) is 5.75 Å². The van der Waals surface area contributed by atoms with Crippen molar-refractivity contribution in [1.82, 2.24) is 4.98 Å². The molecule has 5 N–H and O–H groups in total. The standard InChI is InChI=1S/C12H13N2O6P/c13-5-7-2-1-3-8-10(20-6-21(17,18)19)4-9(12(15)16)14-11(7)8/h1-4H,5-6,13H2,(H,15,16)(H2,17,18,19). The first-order valence-corrected chi connectivity index (χ1v) is 7.65. The first-order valence-electron chi connectivity index (χ1n) is 5.85. The fourth-order valence-electron chi connectivity index (χ4n) is 1.82. The van der Waals surface area contributed by atoms with Crippen molar-refractivity contribution in [3.05, 3.63) is 35.5 Å². The molecule has 9 heteroatoms. The van der Waals surface area contributed by atoms with Crippen LogP contribution in [0.15, 0.2) is 24.3 Å². The van der Waals surface area contributed by atoms with E-state index in [2.05, 4.69) is 4.98 Å². The lowest BCUT2D eigenvalue weighted by Crippen LogP contribution is -2.06. The van der Waals surface area contributed by atoms with Crippen LogP contribution in [-0.2, 0) is 11.1 Å². The van der Waals surface area contributed by atoms with Crippen LogP contribution in [0.3, 0.4) is 0 Å². The number of nitrogens with two attached hydrogens (primary N) is 1. The number of hydrogen-bond acceptors (Lipinski definition) is 5. The molecule has 8 nitrogen and oxygen atoms in total. The van der Waals surface area contributed by atoms with Crippen molar-refractivity contribution in [2.75, 3.05) is 6.35 Å². The lowest BCUT2D eigenvalue weighted by molar-refractivity contribution is 0.0690. The smallest absolute Gasteiger partial charge is 0.362 e. The van der Waals surface area contributed by atoms with E-state index < -0.39 is 19.9 Å². The van der Waals surface area contributed by atoms with E-state index in [-0.39, 0.29) is 18.0 Å². The van der Waals surface area contributed by atoms with Crippen LogP contribution < -0.4 is 10.5 Å². The summed E-state index contributed by atoms with van der Waals surface area (Å²) in [4.78, 5) is 32.8. The topological polar surface area (TPSA) is 143 Å². The number of carboxylic acid groups (broad SMARTS) is 1. The van der Waals surface area contributed by atoms with E-state index >= 15 is 0 Å². The minimum atomic E-state index is -4.38. The van der Waals surface area contributed by atoms with Crippen molar-refractivity contribution in [1.29, 1.82) is 0 Å². The van der Waals surface area contributed by atoms with Gasteiger partial charge < -0.3 is 25.4 Å². The Labute approximate surface area is 119 Å². The van der Waals surface area contributed by atoms with E-state index in [4.69, 9.17) is 25.4 Å². The zero-order valence-corrected chi connectivity index (χ0v) is 11.7. The predicted molar refractivity (Wildman–Crippen MR) is 74.1 cm³/mol. The van der Waals surface area contributed by atoms with Gasteiger partial charge in [0, 0.05) is 18.0 Å². The molecule has 0 spiro atoms. The molecule has 0 radical (unpaired) electrons. The third-order valence-electron chi connectivity index (χ3n) is 2.71. The molecule has 1 aromatic heterocycles. The van der Waals surface area contributed by atoms with E-state index in [0.29, 0.717) is 16.5 Å². The van der Waals surface area contributed by atoms with Gasteiger partial charge in [-0.3, -0.25) is 4.57 Å². The molecule has 0 aliphatic rings. The van der Waals surface area contributed by atoms with Gasteiger partial charge in [-0.15, -0.1) is 0 Å². The first kappa shape index (κ1) is 15.4. The van der Waals surface area contributed by atoms with Gasteiger partial charge in [0.2, 0.25) is 0 Å². The van der Waals surface area contributed by atoms with Crippen molar-refractivity contribution < 1.29 is 29.0 Å². The number of ether oxygens (including phenoxy) is 1. The van der Waals surface area contributed by atoms with Crippen molar-refractivity contribution in [3.63, 3.8) is 0 Å². The average Bonchev–Trinajstić information content (AvgIpc) is 2.42. The maximum absolute atomic E-state index is 11.1. The zero-order valence-electron chi connectivity index (χ0n) is 10.8. The molecule has 0 aliphatic heterocycles. The molecule has 0 atom stereocenters. The number of fused-ring (bicyclic) bond motifs is 1. The van der Waals surface area contributed by atoms with Gasteiger partial charge in [0.15, 0.2) is 12.0 Å². The summed E-state index contributed by atoms with van der Waals surface area (Å²) < 4.78 is 16.0. The highest BCUT2D eigenvalue weighted by molar-refractivity contribution is 7.51. The molecule has 1 aromatic carbocycles. The summed E-state index contributed by atoms with van der Waals surface area (Å²) in [5.41, 5.74) is 6.24. The summed E-state index contributed by atoms with van der Waals surface area (Å²) in [5, 5.41) is 9.50. The van der Waals surface area contributed by atoms with Gasteiger partial charge in [0.1, 0.15) is 5.75 Å². The summed E-state index contributed by atoms with van der Waals surface area (Å²) >= 11 is 0. The maximum Gasteiger partial charge on any atom is 0.362 e. The molecule has 0 saturated heterocycles. The third-order valence-corrected chi connectivity index (χ3v) is 3.18. The van der Waals surface area contributed by atoms with E-state index in [0.717, 1.165) is 6.07 Å². The molecule has 1 heterocycles. The number of aromatic carboxylic acids is 1. The normalized spacial score (nSPS) is 11.6. The van der Waals surface area contributed by atoms with E-state index in [1.54, 1.807) is 18.2 Å². The molecular formula is C12H13N2O6P. The van der Waals surface area contributed by atoms with Crippen molar-refractivity contribution in [3.8, 4) is 5.75 Å². The van der Waals surface area contributed by atoms with Gasteiger partial charge in [0.25, 0.3) is 0 Å². The van der Waals surface area contributed by atoms with E-state index in [9.17, 15) is 9.36 Å². The van der Waals surface area contributed by atoms with Crippen LogP contribution in [0.2, 0.25) is 0 Å². The van der Waals surface area contributed by atoms with Crippen LogP contribution in [0.25, 0.3) is 10.9 Å². The monoisotopic (exact) mass is 312 g/mol. The number of carboxylic acids is 1. The Morgan fingerprint density at radius 2 is 2.10 bits per heavy atom. The Kier molecular flexibility index (Phi) is 4.24. The van der Waals surface area contributed by atoms with Crippen LogP contribution in [-0.4, -0.2) is 32.2 Å². The van der Waals surface area contributed by atoms with Crippen molar-refractivity contribution in [2.45, 2.75) is 6.54 Å². The Bertz CT molecular complexity index is 742. The van der Waals surface area contributed by atoms with Crippen LogP contribution in [0, 0.1) is 0 Å². The largest absolute Gasteiger partial charge is 0.480 e. The van der Waals surface area contributed by atoms with Crippen molar-refractivity contribution in [2.24, 2.45) is 5.73 Å². The third kappa shape index (κ3) is 3.56. The van der Waals surface area contributed by atoms with Gasteiger partial charge in [-0.1, -0.05) is 12.1 Å². The maximum atomic E-state index is 11.1. The number of rotatable bonds is 5. The lowest BCUT2D eigenvalue weighted by atomic mass is 10.1. The summed E-state index contributed by atoms with van der Waals surface area (Å²) in [6.07, 6.45) is -0.849. The highest BCUT2D eigenvalue weighted by atomic mass is 31.2. The quantitative estimate of drug-likeness (QED) is 0.596. The highest BCUT2D eigenvalue weighted by Gasteiger charge is 2.18. The Morgan fingerprint density at radius 3 is 2.67 bits per heavy atom. The summed E-state index contributed by atoms with van der Waals surface area (Å²) in [5.74, 6) is -1.24. The number of para-hydroxylation sites is 1. The molecule has 112 valence electrons. The van der Waals surface area contributed by atoms with E-state index in [1.165, 1.54) is 0 Å². The Morgan fingerprint density at radius 1 is 1.38 bits per heavy atom. The predicted octanol–water partition coefficient (Wildman–Crippen LogP) is 0.906. The molecule has 0 saturated carbocycles. The number of pyridine rings is 1. The molecule has 2 rings (SSSR count). The Balaban J connectivity index is 2.61. The number of hydrogen-bond donors (Lipinski definition) is 4. The first-order chi connectivity index (χ1) is 9.81. The molecule has 0 aliphatic carbocycles. The van der Waals surface area contributed by atoms with Crippen LogP contribution in [0.4, 0.5) is 0 Å². The number of benzene rings is 1. The fraction of sp³-hybridized carbons (Fsp3) is 0.167. The minimum absolute atomic E-state index is 0.0380. The molecule has 21 heavy (non-hydrogen) atoms. The van der Waals surface area contributed by atoms with Gasteiger partial charge >= 0.3 is 13.6 Å². The van der Waals surface area contributed by atoms with Gasteiger partial charge in [-0.25, -0.2) is 9.78 Å². The summed E-state index contributed by atoms with van der Waals surface area (Å²) in [6, 6.07) is 6.10. The molecule has 0 bridgehead atoms. The van der Waals surface area contributed by atoms with E-state index in [1.807, 2.05) is 0 Å². The lowest BCUT2D eigenvalue weighted by Gasteiger charge is -2.12. The van der Waals surface area contributed by atoms with Crippen LogP contribution in [0.1, 0.15) is 16.1 Å². The number of nitrogens with zero attached hydrogens (tertiary/aromatic N) is 1. The minimum Gasteiger partial charge on any atom is -0.480 e. The number of aromatic nitrogens is 1. The Hall–Kier alpha value is -1.99. The molecule has 0 unspecified atom stereocenters. The summed E-state index contributed by atoms with van der Waals surface area (Å²) in [6.45, 7) is 0.144. The fourth-order valence-corrected chi connectivity index (χ4v) is 2.13. The second-order valence-corrected chi connectivity index (χ2v) is 5.85. The number of carbonyl (C=O) groups is 1. The van der Waals surface area contributed by atoms with Crippen LogP contribution >= 0.6 is 7.60 Å². The average molecular weight is 312 g/mol. The summed E-state index contributed by atoms with van der Waals surface area (Å²) in [7, 11) is -4.38. The molecule has 2 aromatic rings.